The minimum Gasteiger partial charge on any atom is -0.452 e. The SMILES string of the molecule is C=CC(=O)OCC(=O)NCCC. The highest BCUT2D eigenvalue weighted by Gasteiger charge is 2.02. The summed E-state index contributed by atoms with van der Waals surface area (Å²) in [5, 5.41) is 2.56. The number of carbonyl (C=O) groups excluding carboxylic acids is 2. The molecule has 0 aliphatic carbocycles. The van der Waals surface area contributed by atoms with E-state index < -0.39 is 5.97 Å². The fourth-order valence-corrected chi connectivity index (χ4v) is 0.511. The summed E-state index contributed by atoms with van der Waals surface area (Å²) in [6.07, 6.45) is 1.88. The molecule has 0 bridgehead atoms. The lowest BCUT2D eigenvalue weighted by molar-refractivity contribution is -0.143. The molecule has 0 atom stereocenters. The maximum absolute atomic E-state index is 10.8. The highest BCUT2D eigenvalue weighted by Crippen LogP contribution is 1.79. The molecule has 0 aromatic rings. The minimum absolute atomic E-state index is 0.231. The van der Waals surface area contributed by atoms with E-state index in [1.165, 1.54) is 0 Å². The molecule has 0 aliphatic rings. The number of amides is 1. The van der Waals surface area contributed by atoms with Crippen molar-refractivity contribution in [3.8, 4) is 0 Å². The van der Waals surface area contributed by atoms with Crippen LogP contribution in [0.1, 0.15) is 13.3 Å². The average Bonchev–Trinajstić information content (AvgIpc) is 2.10. The molecule has 0 unspecified atom stereocenters. The van der Waals surface area contributed by atoms with Crippen molar-refractivity contribution in [1.82, 2.24) is 5.32 Å². The Morgan fingerprint density at radius 2 is 2.25 bits per heavy atom. The van der Waals surface area contributed by atoms with E-state index in [1.807, 2.05) is 6.92 Å². The van der Waals surface area contributed by atoms with Gasteiger partial charge in [-0.05, 0) is 6.42 Å². The van der Waals surface area contributed by atoms with Crippen LogP contribution in [0.5, 0.6) is 0 Å². The van der Waals surface area contributed by atoms with E-state index in [2.05, 4.69) is 16.6 Å². The number of ether oxygens (including phenoxy) is 1. The second-order valence-electron chi connectivity index (χ2n) is 2.16. The van der Waals surface area contributed by atoms with Crippen molar-refractivity contribution in [3.05, 3.63) is 12.7 Å². The molecule has 0 fully saturated rings. The molecule has 4 heteroatoms. The van der Waals surface area contributed by atoms with Crippen LogP contribution in [0.15, 0.2) is 12.7 Å². The van der Waals surface area contributed by atoms with Crippen LogP contribution in [0.25, 0.3) is 0 Å². The van der Waals surface area contributed by atoms with Crippen LogP contribution < -0.4 is 5.32 Å². The van der Waals surface area contributed by atoms with Gasteiger partial charge in [-0.25, -0.2) is 4.79 Å². The van der Waals surface area contributed by atoms with Gasteiger partial charge in [-0.2, -0.15) is 0 Å². The van der Waals surface area contributed by atoms with Gasteiger partial charge in [0, 0.05) is 12.6 Å². The van der Waals surface area contributed by atoms with Crippen LogP contribution in [0, 0.1) is 0 Å². The molecule has 0 heterocycles. The number of nitrogens with one attached hydrogen (secondary N) is 1. The summed E-state index contributed by atoms with van der Waals surface area (Å²) < 4.78 is 4.48. The van der Waals surface area contributed by atoms with Gasteiger partial charge in [0.2, 0.25) is 0 Å². The third-order valence-corrected chi connectivity index (χ3v) is 1.08. The lowest BCUT2D eigenvalue weighted by Gasteiger charge is -2.02. The fourth-order valence-electron chi connectivity index (χ4n) is 0.511. The number of esters is 1. The zero-order valence-corrected chi connectivity index (χ0v) is 7.13. The Hall–Kier alpha value is -1.32. The zero-order chi connectivity index (χ0) is 9.40. The van der Waals surface area contributed by atoms with Crippen LogP contribution in [0.3, 0.4) is 0 Å². The topological polar surface area (TPSA) is 55.4 Å². The van der Waals surface area contributed by atoms with Gasteiger partial charge in [-0.15, -0.1) is 0 Å². The number of hydrogen-bond acceptors (Lipinski definition) is 3. The highest BCUT2D eigenvalue weighted by molar-refractivity contribution is 5.85. The quantitative estimate of drug-likeness (QED) is 0.476. The molecule has 0 spiro atoms. The van der Waals surface area contributed by atoms with Crippen molar-refractivity contribution in [1.29, 1.82) is 0 Å². The van der Waals surface area contributed by atoms with E-state index in [9.17, 15) is 9.59 Å². The van der Waals surface area contributed by atoms with E-state index in [1.54, 1.807) is 0 Å². The lowest BCUT2D eigenvalue weighted by atomic mass is 10.5. The molecular formula is C8H13NO3. The van der Waals surface area contributed by atoms with Crippen molar-refractivity contribution in [2.75, 3.05) is 13.2 Å². The summed E-state index contributed by atoms with van der Waals surface area (Å²) >= 11 is 0. The molecule has 68 valence electrons. The molecule has 1 N–H and O–H groups in total. The first-order valence-electron chi connectivity index (χ1n) is 3.76. The molecule has 1 amide bonds. The Morgan fingerprint density at radius 3 is 2.75 bits per heavy atom. The van der Waals surface area contributed by atoms with Gasteiger partial charge in [-0.1, -0.05) is 13.5 Å². The normalized spacial score (nSPS) is 8.75. The fraction of sp³-hybridized carbons (Fsp3) is 0.500. The Bertz CT molecular complexity index is 177. The summed E-state index contributed by atoms with van der Waals surface area (Å²) in [7, 11) is 0. The second kappa shape index (κ2) is 6.39. The molecule has 0 radical (unpaired) electrons. The smallest absolute Gasteiger partial charge is 0.330 e. The summed E-state index contributed by atoms with van der Waals surface area (Å²) in [5.41, 5.74) is 0. The van der Waals surface area contributed by atoms with E-state index in [0.717, 1.165) is 12.5 Å². The predicted octanol–water partition coefficient (Wildman–Crippen LogP) is 0.242. The van der Waals surface area contributed by atoms with Crippen LogP contribution in [-0.2, 0) is 14.3 Å². The van der Waals surface area contributed by atoms with Gasteiger partial charge in [0.05, 0.1) is 0 Å². The molecule has 0 rings (SSSR count). The van der Waals surface area contributed by atoms with Gasteiger partial charge in [0.1, 0.15) is 0 Å². The lowest BCUT2D eigenvalue weighted by Crippen LogP contribution is -2.28. The molecule has 0 aromatic carbocycles. The summed E-state index contributed by atoms with van der Waals surface area (Å²) in [6.45, 7) is 5.51. The molecule has 0 aliphatic heterocycles. The van der Waals surface area contributed by atoms with Crippen LogP contribution in [0.2, 0.25) is 0 Å². The maximum Gasteiger partial charge on any atom is 0.330 e. The van der Waals surface area contributed by atoms with E-state index >= 15 is 0 Å². The Kier molecular flexibility index (Phi) is 5.69. The van der Waals surface area contributed by atoms with Gasteiger partial charge < -0.3 is 10.1 Å². The van der Waals surface area contributed by atoms with Crippen molar-refractivity contribution in [3.63, 3.8) is 0 Å². The first kappa shape index (κ1) is 10.7. The van der Waals surface area contributed by atoms with Crippen molar-refractivity contribution in [2.45, 2.75) is 13.3 Å². The molecular weight excluding hydrogens is 158 g/mol. The van der Waals surface area contributed by atoms with Gasteiger partial charge >= 0.3 is 5.97 Å². The first-order chi connectivity index (χ1) is 5.70. The summed E-state index contributed by atoms with van der Waals surface area (Å²) in [6, 6.07) is 0. The maximum atomic E-state index is 10.8. The Labute approximate surface area is 71.6 Å². The highest BCUT2D eigenvalue weighted by atomic mass is 16.5. The van der Waals surface area contributed by atoms with Gasteiger partial charge in [0.15, 0.2) is 6.61 Å². The van der Waals surface area contributed by atoms with Gasteiger partial charge in [0.25, 0.3) is 5.91 Å². The van der Waals surface area contributed by atoms with Crippen LogP contribution >= 0.6 is 0 Å². The monoisotopic (exact) mass is 171 g/mol. The average molecular weight is 171 g/mol. The van der Waals surface area contributed by atoms with Crippen molar-refractivity contribution < 1.29 is 14.3 Å². The van der Waals surface area contributed by atoms with Crippen LogP contribution in [0.4, 0.5) is 0 Å². The Morgan fingerprint density at radius 1 is 1.58 bits per heavy atom. The van der Waals surface area contributed by atoms with Gasteiger partial charge in [-0.3, -0.25) is 4.79 Å². The standard InChI is InChI=1S/C8H13NO3/c1-3-5-9-7(10)6-12-8(11)4-2/h4H,2-3,5-6H2,1H3,(H,9,10). The minimum atomic E-state index is -0.582. The molecule has 4 nitrogen and oxygen atoms in total. The van der Waals surface area contributed by atoms with Crippen molar-refractivity contribution in [2.24, 2.45) is 0 Å². The Balaban J connectivity index is 3.43. The molecule has 0 saturated carbocycles. The van der Waals surface area contributed by atoms with Crippen molar-refractivity contribution >= 4 is 11.9 Å². The van der Waals surface area contributed by atoms with E-state index in [0.29, 0.717) is 6.54 Å². The second-order valence-corrected chi connectivity index (χ2v) is 2.16. The van der Waals surface area contributed by atoms with Crippen LogP contribution in [-0.4, -0.2) is 25.0 Å². The van der Waals surface area contributed by atoms with E-state index in [4.69, 9.17) is 0 Å². The third-order valence-electron chi connectivity index (χ3n) is 1.08. The third kappa shape index (κ3) is 5.46. The first-order valence-corrected chi connectivity index (χ1v) is 3.76. The number of rotatable bonds is 5. The molecule has 0 aromatic heterocycles. The van der Waals surface area contributed by atoms with E-state index in [-0.39, 0.29) is 12.5 Å². The summed E-state index contributed by atoms with van der Waals surface area (Å²) in [5.74, 6) is -0.867. The number of hydrogen-bond donors (Lipinski definition) is 1. The number of carbonyl (C=O) groups is 2. The molecule has 0 saturated heterocycles. The largest absolute Gasteiger partial charge is 0.452 e. The molecule has 12 heavy (non-hydrogen) atoms. The predicted molar refractivity (Wildman–Crippen MR) is 44.5 cm³/mol. The summed E-state index contributed by atoms with van der Waals surface area (Å²) in [4.78, 5) is 21.3. The zero-order valence-electron chi connectivity index (χ0n) is 7.13.